The lowest BCUT2D eigenvalue weighted by Crippen LogP contribution is -2.40. The van der Waals surface area contributed by atoms with Crippen LogP contribution in [0.15, 0.2) is 54.6 Å². The van der Waals surface area contributed by atoms with E-state index in [4.69, 9.17) is 4.74 Å². The highest BCUT2D eigenvalue weighted by Crippen LogP contribution is 2.21. The summed E-state index contributed by atoms with van der Waals surface area (Å²) in [4.78, 5) is 26.4. The molecule has 6 heteroatoms. The fraction of sp³-hybridized carbons (Fsp3) is 0.238. The fourth-order valence-electron chi connectivity index (χ4n) is 3.00. The maximum Gasteiger partial charge on any atom is 0.267 e. The number of methoxy groups -OCH3 is 1. The molecule has 0 unspecified atom stereocenters. The van der Waals surface area contributed by atoms with Gasteiger partial charge in [0, 0.05) is 23.5 Å². The number of carbonyl (C=O) groups excluding carboxylic acids is 2. The monoisotopic (exact) mass is 365 g/mol. The number of fused-ring (bicyclic) bond motifs is 1. The van der Waals surface area contributed by atoms with Crippen LogP contribution in [0.4, 0.5) is 0 Å². The number of hydrogen-bond acceptors (Lipinski definition) is 3. The molecule has 3 N–H and O–H groups in total. The average Bonchev–Trinajstić information content (AvgIpc) is 3.14. The van der Waals surface area contributed by atoms with E-state index in [1.165, 1.54) is 5.56 Å². The van der Waals surface area contributed by atoms with Crippen LogP contribution in [0.3, 0.4) is 0 Å². The molecule has 3 rings (SSSR count). The number of carbonyl (C=O) groups is 2. The molecule has 2 aromatic carbocycles. The van der Waals surface area contributed by atoms with E-state index < -0.39 is 0 Å². The summed E-state index contributed by atoms with van der Waals surface area (Å²) in [5.74, 6) is 0.534. The molecule has 1 heterocycles. The Morgan fingerprint density at radius 2 is 2.00 bits per heavy atom. The van der Waals surface area contributed by atoms with Crippen LogP contribution in [-0.2, 0) is 11.2 Å². The fourth-order valence-corrected chi connectivity index (χ4v) is 3.00. The van der Waals surface area contributed by atoms with E-state index in [1.807, 2.05) is 36.4 Å². The van der Waals surface area contributed by atoms with Crippen molar-refractivity contribution in [3.05, 3.63) is 65.9 Å². The van der Waals surface area contributed by atoms with E-state index in [1.54, 1.807) is 13.2 Å². The second kappa shape index (κ2) is 8.89. The zero-order valence-electron chi connectivity index (χ0n) is 15.2. The Morgan fingerprint density at radius 3 is 2.74 bits per heavy atom. The minimum atomic E-state index is -0.206. The number of amides is 2. The van der Waals surface area contributed by atoms with Gasteiger partial charge in [-0.05, 0) is 42.7 Å². The maximum absolute atomic E-state index is 12.5. The number of aryl methyl sites for hydroxylation is 1. The van der Waals surface area contributed by atoms with Crippen molar-refractivity contribution < 1.29 is 14.3 Å². The summed E-state index contributed by atoms with van der Waals surface area (Å²) < 4.78 is 5.21. The van der Waals surface area contributed by atoms with E-state index in [9.17, 15) is 9.59 Å². The molecule has 2 amide bonds. The van der Waals surface area contributed by atoms with Crippen LogP contribution in [-0.4, -0.2) is 37.0 Å². The van der Waals surface area contributed by atoms with Gasteiger partial charge in [0.15, 0.2) is 0 Å². The molecule has 0 aliphatic heterocycles. The van der Waals surface area contributed by atoms with Crippen LogP contribution >= 0.6 is 0 Å². The van der Waals surface area contributed by atoms with Gasteiger partial charge in [0.05, 0.1) is 7.11 Å². The Kier molecular flexibility index (Phi) is 6.10. The third-order valence-electron chi connectivity index (χ3n) is 4.51. The molecule has 1 aromatic heterocycles. The predicted molar refractivity (Wildman–Crippen MR) is 105 cm³/mol. The number of rotatable bonds is 9. The van der Waals surface area contributed by atoms with Gasteiger partial charge in [0.2, 0.25) is 6.41 Å². The number of aromatic nitrogens is 1. The first-order valence-corrected chi connectivity index (χ1v) is 8.88. The number of nitrogens with one attached hydrogen (secondary N) is 3. The lowest BCUT2D eigenvalue weighted by molar-refractivity contribution is -0.110. The summed E-state index contributed by atoms with van der Waals surface area (Å²) in [6.07, 6.45) is 2.25. The SMILES string of the molecule is COc1ccc2[nH]c(C(=O)NC[C@H](CCc3ccccc3)NC=O)cc2c1. The molecule has 1 atom stereocenters. The van der Waals surface area contributed by atoms with Gasteiger partial charge in [0.1, 0.15) is 11.4 Å². The second-order valence-corrected chi connectivity index (χ2v) is 6.35. The van der Waals surface area contributed by atoms with Crippen LogP contribution in [0.2, 0.25) is 0 Å². The van der Waals surface area contributed by atoms with Gasteiger partial charge in [-0.1, -0.05) is 30.3 Å². The van der Waals surface area contributed by atoms with Crippen molar-refractivity contribution in [2.24, 2.45) is 0 Å². The van der Waals surface area contributed by atoms with Crippen molar-refractivity contribution >= 4 is 23.2 Å². The summed E-state index contributed by atoms with van der Waals surface area (Å²) >= 11 is 0. The van der Waals surface area contributed by atoms with Crippen molar-refractivity contribution in [3.63, 3.8) is 0 Å². The summed E-state index contributed by atoms with van der Waals surface area (Å²) in [6, 6.07) is 17.3. The molecule has 6 nitrogen and oxygen atoms in total. The predicted octanol–water partition coefficient (Wildman–Crippen LogP) is 2.65. The van der Waals surface area contributed by atoms with Crippen molar-refractivity contribution in [2.75, 3.05) is 13.7 Å². The third kappa shape index (κ3) is 4.88. The average molecular weight is 365 g/mol. The Balaban J connectivity index is 1.59. The molecule has 0 radical (unpaired) electrons. The largest absolute Gasteiger partial charge is 0.497 e. The van der Waals surface area contributed by atoms with Gasteiger partial charge >= 0.3 is 0 Å². The van der Waals surface area contributed by atoms with Crippen molar-refractivity contribution in [3.8, 4) is 5.75 Å². The molecule has 140 valence electrons. The highest BCUT2D eigenvalue weighted by molar-refractivity contribution is 5.98. The normalized spacial score (nSPS) is 11.7. The summed E-state index contributed by atoms with van der Waals surface area (Å²) in [5, 5.41) is 6.57. The molecule has 0 fully saturated rings. The molecule has 0 aliphatic rings. The molecule has 0 bridgehead atoms. The lowest BCUT2D eigenvalue weighted by Gasteiger charge is -2.16. The van der Waals surface area contributed by atoms with Gasteiger partial charge < -0.3 is 20.4 Å². The highest BCUT2D eigenvalue weighted by atomic mass is 16.5. The standard InChI is InChI=1S/C21H23N3O3/c1-27-18-9-10-19-16(11-18)12-20(24-19)21(26)22-13-17(23-14-25)8-7-15-5-3-2-4-6-15/h2-6,9-12,14,17,24H,7-8,13H2,1H3,(H,22,26)(H,23,25)/t17-/m0/s1. The van der Waals surface area contributed by atoms with Gasteiger partial charge in [-0.25, -0.2) is 0 Å². The van der Waals surface area contributed by atoms with Gasteiger partial charge in [-0.2, -0.15) is 0 Å². The summed E-state index contributed by atoms with van der Waals surface area (Å²) in [7, 11) is 1.61. The third-order valence-corrected chi connectivity index (χ3v) is 4.51. The molecular formula is C21H23N3O3. The highest BCUT2D eigenvalue weighted by Gasteiger charge is 2.13. The van der Waals surface area contributed by atoms with Crippen molar-refractivity contribution in [1.29, 1.82) is 0 Å². The van der Waals surface area contributed by atoms with Crippen molar-refractivity contribution in [2.45, 2.75) is 18.9 Å². The summed E-state index contributed by atoms with van der Waals surface area (Å²) in [6.45, 7) is 0.364. The van der Waals surface area contributed by atoms with Gasteiger partial charge in [-0.3, -0.25) is 9.59 Å². The first kappa shape index (κ1) is 18.5. The van der Waals surface area contributed by atoms with Crippen LogP contribution in [0.1, 0.15) is 22.5 Å². The molecule has 0 aliphatic carbocycles. The summed E-state index contributed by atoms with van der Waals surface area (Å²) in [5.41, 5.74) is 2.55. The number of aromatic amines is 1. The Morgan fingerprint density at radius 1 is 1.19 bits per heavy atom. The van der Waals surface area contributed by atoms with Crippen LogP contribution in [0, 0.1) is 0 Å². The van der Waals surface area contributed by atoms with Crippen LogP contribution in [0.25, 0.3) is 10.9 Å². The van der Waals surface area contributed by atoms with Gasteiger partial charge in [-0.15, -0.1) is 0 Å². The Labute approximate surface area is 157 Å². The zero-order chi connectivity index (χ0) is 19.1. The van der Waals surface area contributed by atoms with E-state index in [-0.39, 0.29) is 11.9 Å². The number of benzene rings is 2. The lowest BCUT2D eigenvalue weighted by atomic mass is 10.1. The molecule has 0 saturated carbocycles. The molecule has 3 aromatic rings. The van der Waals surface area contributed by atoms with E-state index in [2.05, 4.69) is 27.8 Å². The van der Waals surface area contributed by atoms with Crippen LogP contribution in [0.5, 0.6) is 5.75 Å². The number of H-pyrrole nitrogens is 1. The van der Waals surface area contributed by atoms with Crippen LogP contribution < -0.4 is 15.4 Å². The molecule has 27 heavy (non-hydrogen) atoms. The molecule has 0 spiro atoms. The molecule has 0 saturated heterocycles. The smallest absolute Gasteiger partial charge is 0.267 e. The van der Waals surface area contributed by atoms with Gasteiger partial charge in [0.25, 0.3) is 5.91 Å². The second-order valence-electron chi connectivity index (χ2n) is 6.35. The first-order valence-electron chi connectivity index (χ1n) is 8.88. The maximum atomic E-state index is 12.5. The first-order chi connectivity index (χ1) is 13.2. The molecular weight excluding hydrogens is 342 g/mol. The van der Waals surface area contributed by atoms with E-state index >= 15 is 0 Å². The Bertz CT molecular complexity index is 905. The number of hydrogen-bond donors (Lipinski definition) is 3. The van der Waals surface area contributed by atoms with E-state index in [0.717, 1.165) is 29.5 Å². The minimum Gasteiger partial charge on any atom is -0.497 e. The topological polar surface area (TPSA) is 83.2 Å². The number of ether oxygens (including phenoxy) is 1. The quantitative estimate of drug-likeness (QED) is 0.510. The minimum absolute atomic E-state index is 0.129. The Hall–Kier alpha value is -3.28. The van der Waals surface area contributed by atoms with Crippen molar-refractivity contribution in [1.82, 2.24) is 15.6 Å². The zero-order valence-corrected chi connectivity index (χ0v) is 15.2. The van der Waals surface area contributed by atoms with E-state index in [0.29, 0.717) is 18.6 Å².